The lowest BCUT2D eigenvalue weighted by atomic mass is 10.1. The van der Waals surface area contributed by atoms with Crippen LogP contribution in [0.5, 0.6) is 11.5 Å². The van der Waals surface area contributed by atoms with Gasteiger partial charge in [0.25, 0.3) is 10.0 Å². The first kappa shape index (κ1) is 32.4. The summed E-state index contributed by atoms with van der Waals surface area (Å²) in [5, 5.41) is 2.83. The molecule has 0 bridgehead atoms. The molecule has 3 aromatic carbocycles. The van der Waals surface area contributed by atoms with Crippen LogP contribution < -0.4 is 19.1 Å². The van der Waals surface area contributed by atoms with Gasteiger partial charge in [-0.25, -0.2) is 12.8 Å². The van der Waals surface area contributed by atoms with E-state index < -0.39 is 34.3 Å². The number of methoxy groups -OCH3 is 2. The highest BCUT2D eigenvalue weighted by Crippen LogP contribution is 2.32. The number of anilines is 1. The van der Waals surface area contributed by atoms with Crippen LogP contribution in [0.15, 0.2) is 71.6 Å². The molecule has 42 heavy (non-hydrogen) atoms. The molecule has 9 nitrogen and oxygen atoms in total. The summed E-state index contributed by atoms with van der Waals surface area (Å²) in [4.78, 5) is 28.2. The Morgan fingerprint density at radius 1 is 0.905 bits per heavy atom. The second-order valence-corrected chi connectivity index (χ2v) is 12.2. The van der Waals surface area contributed by atoms with Crippen LogP contribution in [0, 0.1) is 18.7 Å². The molecule has 0 saturated carbocycles. The third-order valence-electron chi connectivity index (χ3n) is 6.66. The lowest BCUT2D eigenvalue weighted by molar-refractivity contribution is -0.139. The van der Waals surface area contributed by atoms with E-state index in [0.717, 1.165) is 9.87 Å². The zero-order chi connectivity index (χ0) is 31.0. The number of amides is 2. The molecule has 2 amide bonds. The largest absolute Gasteiger partial charge is 0.493 e. The summed E-state index contributed by atoms with van der Waals surface area (Å²) in [6, 6.07) is 15.5. The molecule has 0 aromatic heterocycles. The first-order chi connectivity index (χ1) is 19.9. The Balaban J connectivity index is 2.04. The van der Waals surface area contributed by atoms with E-state index >= 15 is 0 Å². The molecule has 0 aliphatic heterocycles. The molecular weight excluding hydrogens is 561 g/mol. The number of ether oxygens (including phenoxy) is 2. The van der Waals surface area contributed by atoms with Crippen molar-refractivity contribution < 1.29 is 31.9 Å². The normalized spacial score (nSPS) is 12.0. The predicted octanol–water partition coefficient (Wildman–Crippen LogP) is 4.54. The number of benzene rings is 3. The minimum atomic E-state index is -4.30. The molecule has 0 fully saturated rings. The number of rotatable bonds is 13. The van der Waals surface area contributed by atoms with Gasteiger partial charge in [0.15, 0.2) is 11.5 Å². The number of nitrogens with one attached hydrogen (secondary N) is 1. The van der Waals surface area contributed by atoms with Crippen LogP contribution in [-0.2, 0) is 26.2 Å². The first-order valence-corrected chi connectivity index (χ1v) is 14.9. The van der Waals surface area contributed by atoms with Crippen molar-refractivity contribution in [1.82, 2.24) is 10.2 Å². The van der Waals surface area contributed by atoms with Crippen LogP contribution in [0.4, 0.5) is 10.1 Å². The highest BCUT2D eigenvalue weighted by atomic mass is 32.2. The maximum atomic E-state index is 14.1. The van der Waals surface area contributed by atoms with Gasteiger partial charge in [0.1, 0.15) is 18.4 Å². The lowest BCUT2D eigenvalue weighted by Gasteiger charge is -2.32. The van der Waals surface area contributed by atoms with Gasteiger partial charge in [0, 0.05) is 19.2 Å². The van der Waals surface area contributed by atoms with Crippen molar-refractivity contribution in [3.8, 4) is 11.5 Å². The topological polar surface area (TPSA) is 105 Å². The molecule has 3 aromatic rings. The van der Waals surface area contributed by atoms with Crippen LogP contribution in [0.1, 0.15) is 31.9 Å². The van der Waals surface area contributed by atoms with E-state index in [0.29, 0.717) is 17.9 Å². The summed E-state index contributed by atoms with van der Waals surface area (Å²) in [6.07, 6.45) is 0. The molecule has 0 spiro atoms. The number of halogens is 1. The minimum Gasteiger partial charge on any atom is -0.493 e. The molecule has 11 heteroatoms. The second kappa shape index (κ2) is 14.2. The summed E-state index contributed by atoms with van der Waals surface area (Å²) in [5.41, 5.74) is 1.75. The van der Waals surface area contributed by atoms with Gasteiger partial charge in [-0.05, 0) is 61.7 Å². The van der Waals surface area contributed by atoms with E-state index in [2.05, 4.69) is 5.32 Å². The second-order valence-electron chi connectivity index (χ2n) is 10.3. The molecule has 3 rings (SSSR count). The molecule has 1 atom stereocenters. The van der Waals surface area contributed by atoms with Gasteiger partial charge < -0.3 is 19.7 Å². The number of sulfonamides is 1. The summed E-state index contributed by atoms with van der Waals surface area (Å²) in [6.45, 7) is 7.12. The maximum Gasteiger partial charge on any atom is 0.264 e. The highest BCUT2D eigenvalue weighted by molar-refractivity contribution is 7.92. The fraction of sp³-hybridized carbons (Fsp3) is 0.355. The van der Waals surface area contributed by atoms with Crippen molar-refractivity contribution in [2.45, 2.75) is 45.2 Å². The molecule has 0 heterocycles. The van der Waals surface area contributed by atoms with Crippen molar-refractivity contribution in [3.63, 3.8) is 0 Å². The van der Waals surface area contributed by atoms with Crippen LogP contribution in [0.25, 0.3) is 0 Å². The van der Waals surface area contributed by atoms with Crippen molar-refractivity contribution in [2.75, 3.05) is 31.6 Å². The lowest BCUT2D eigenvalue weighted by Crippen LogP contribution is -2.51. The molecular formula is C31H38FN3O6S. The molecule has 1 N–H and O–H groups in total. The van der Waals surface area contributed by atoms with Gasteiger partial charge >= 0.3 is 0 Å². The van der Waals surface area contributed by atoms with E-state index in [1.807, 2.05) is 20.8 Å². The Morgan fingerprint density at radius 2 is 1.52 bits per heavy atom. The fourth-order valence-corrected chi connectivity index (χ4v) is 5.60. The Morgan fingerprint density at radius 3 is 2.10 bits per heavy atom. The fourth-order valence-electron chi connectivity index (χ4n) is 4.17. The zero-order valence-electron chi connectivity index (χ0n) is 24.8. The predicted molar refractivity (Wildman–Crippen MR) is 160 cm³/mol. The van der Waals surface area contributed by atoms with Gasteiger partial charge in [-0.1, -0.05) is 43.7 Å². The summed E-state index contributed by atoms with van der Waals surface area (Å²) >= 11 is 0. The van der Waals surface area contributed by atoms with Crippen LogP contribution in [0.2, 0.25) is 0 Å². The van der Waals surface area contributed by atoms with Crippen LogP contribution >= 0.6 is 0 Å². The van der Waals surface area contributed by atoms with E-state index in [9.17, 15) is 22.4 Å². The summed E-state index contributed by atoms with van der Waals surface area (Å²) in [5.74, 6) is -0.694. The molecule has 0 radical (unpaired) electrons. The molecule has 226 valence electrons. The number of carbonyl (C=O) groups excluding carboxylic acids is 2. The highest BCUT2D eigenvalue weighted by Gasteiger charge is 2.33. The number of hydrogen-bond donors (Lipinski definition) is 1. The van der Waals surface area contributed by atoms with E-state index in [1.54, 1.807) is 31.2 Å². The Bertz CT molecular complexity index is 1480. The van der Waals surface area contributed by atoms with E-state index in [-0.39, 0.29) is 34.7 Å². The Kier molecular flexibility index (Phi) is 10.9. The first-order valence-electron chi connectivity index (χ1n) is 13.5. The monoisotopic (exact) mass is 599 g/mol. The Hall–Kier alpha value is -4.12. The smallest absolute Gasteiger partial charge is 0.264 e. The number of hydrogen-bond acceptors (Lipinski definition) is 6. The number of aryl methyl sites for hydroxylation is 1. The quantitative estimate of drug-likeness (QED) is 0.310. The third-order valence-corrected chi connectivity index (χ3v) is 8.43. The molecule has 1 unspecified atom stereocenters. The molecule has 0 aliphatic carbocycles. The average Bonchev–Trinajstić information content (AvgIpc) is 2.97. The zero-order valence-corrected chi connectivity index (χ0v) is 25.6. The van der Waals surface area contributed by atoms with Crippen molar-refractivity contribution in [2.24, 2.45) is 5.92 Å². The number of nitrogens with zero attached hydrogens (tertiary/aromatic N) is 2. The minimum absolute atomic E-state index is 0.0342. The van der Waals surface area contributed by atoms with Crippen LogP contribution in [0.3, 0.4) is 0 Å². The van der Waals surface area contributed by atoms with E-state index in [1.165, 1.54) is 61.6 Å². The average molecular weight is 600 g/mol. The van der Waals surface area contributed by atoms with E-state index in [4.69, 9.17) is 9.47 Å². The molecule has 0 aliphatic rings. The maximum absolute atomic E-state index is 14.1. The van der Waals surface area contributed by atoms with Crippen LogP contribution in [-0.4, -0.2) is 58.5 Å². The van der Waals surface area contributed by atoms with Gasteiger partial charge in [0.05, 0.1) is 24.8 Å². The Labute approximate surface area is 247 Å². The number of carbonyl (C=O) groups is 2. The third kappa shape index (κ3) is 8.00. The van der Waals surface area contributed by atoms with Crippen molar-refractivity contribution in [3.05, 3.63) is 83.7 Å². The van der Waals surface area contributed by atoms with Gasteiger partial charge in [-0.3, -0.25) is 13.9 Å². The summed E-state index contributed by atoms with van der Waals surface area (Å²) < 4.78 is 53.3. The van der Waals surface area contributed by atoms with Gasteiger partial charge in [-0.15, -0.1) is 0 Å². The van der Waals surface area contributed by atoms with Gasteiger partial charge in [0.2, 0.25) is 11.8 Å². The standard InChI is InChI=1S/C31H38FN3O6S/c1-21(2)18-33-31(37)23(4)34(19-24-9-11-25(32)12-10-24)30(36)20-35(26-13-7-22(3)8-14-26)42(38,39)27-15-16-28(40-5)29(17-27)41-6/h7-17,21,23H,18-20H2,1-6H3,(H,33,37). The van der Waals surface area contributed by atoms with Crippen molar-refractivity contribution >= 4 is 27.5 Å². The van der Waals surface area contributed by atoms with Gasteiger partial charge in [-0.2, -0.15) is 0 Å². The summed E-state index contributed by atoms with van der Waals surface area (Å²) in [7, 11) is -1.46. The van der Waals surface area contributed by atoms with Crippen molar-refractivity contribution in [1.29, 1.82) is 0 Å². The molecule has 0 saturated heterocycles. The SMILES string of the molecule is COc1ccc(S(=O)(=O)N(CC(=O)N(Cc2ccc(F)cc2)C(C)C(=O)NCC(C)C)c2ccc(C)cc2)cc1OC.